The minimum absolute atomic E-state index is 0.0527. The number of carbonyl (C=O) groups is 1. The van der Waals surface area contributed by atoms with E-state index in [4.69, 9.17) is 0 Å². The van der Waals surface area contributed by atoms with Crippen molar-refractivity contribution < 1.29 is 14.8 Å². The summed E-state index contributed by atoms with van der Waals surface area (Å²) in [6.45, 7) is 0.513. The molecule has 1 heterocycles. The summed E-state index contributed by atoms with van der Waals surface area (Å²) < 4.78 is 0. The summed E-state index contributed by atoms with van der Waals surface area (Å²) in [5.74, 6) is -0.252. The molecular weight excluding hydrogens is 280 g/mol. The van der Waals surface area contributed by atoms with Gasteiger partial charge < -0.3 is 10.0 Å². The fourth-order valence-corrected chi connectivity index (χ4v) is 2.97. The summed E-state index contributed by atoms with van der Waals surface area (Å²) in [7, 11) is 0. The van der Waals surface area contributed by atoms with Gasteiger partial charge in [0, 0.05) is 18.2 Å². The molecular formula is C13H16N2O4S. The van der Waals surface area contributed by atoms with Crippen LogP contribution in [0.25, 0.3) is 0 Å². The van der Waals surface area contributed by atoms with Gasteiger partial charge in [0.15, 0.2) is 0 Å². The van der Waals surface area contributed by atoms with Crippen molar-refractivity contribution in [2.45, 2.75) is 23.8 Å². The Labute approximate surface area is 120 Å². The average molecular weight is 296 g/mol. The second kappa shape index (κ2) is 6.23. The van der Waals surface area contributed by atoms with E-state index in [9.17, 15) is 20.0 Å². The molecule has 1 aliphatic heterocycles. The smallest absolute Gasteiger partial charge is 0.283 e. The molecule has 1 aromatic rings. The van der Waals surface area contributed by atoms with Gasteiger partial charge in [-0.25, -0.2) is 0 Å². The van der Waals surface area contributed by atoms with Crippen molar-refractivity contribution in [3.63, 3.8) is 0 Å². The van der Waals surface area contributed by atoms with Crippen LogP contribution in [0.2, 0.25) is 0 Å². The van der Waals surface area contributed by atoms with Crippen molar-refractivity contribution in [1.29, 1.82) is 0 Å². The Kier molecular flexibility index (Phi) is 4.61. The number of nitro benzene ring substituents is 1. The normalized spacial score (nSPS) is 18.3. The molecule has 20 heavy (non-hydrogen) atoms. The maximum absolute atomic E-state index is 12.4. The van der Waals surface area contributed by atoms with Crippen LogP contribution >= 0.6 is 11.8 Å². The number of aliphatic hydroxyl groups excluding tert-OH is 1. The Hall–Kier alpha value is -1.60. The number of carbonyl (C=O) groups excluding carboxylic acids is 1. The standard InChI is InChI=1S/C13H16N2O4S/c1-20-12-5-4-9(7-11(12)15(18)19)13(17)14-6-2-3-10(14)8-16/h4-5,7,10,16H,2-3,6,8H2,1H3/t10-/m1/s1. The zero-order valence-electron chi connectivity index (χ0n) is 11.1. The van der Waals surface area contributed by atoms with Crippen LogP contribution in [-0.4, -0.2) is 46.3 Å². The number of nitrogens with zero attached hydrogens (tertiary/aromatic N) is 2. The largest absolute Gasteiger partial charge is 0.394 e. The maximum Gasteiger partial charge on any atom is 0.283 e. The number of likely N-dealkylation sites (tertiary alicyclic amines) is 1. The van der Waals surface area contributed by atoms with E-state index in [0.29, 0.717) is 17.0 Å². The van der Waals surface area contributed by atoms with E-state index in [1.807, 2.05) is 0 Å². The Morgan fingerprint density at radius 3 is 2.95 bits per heavy atom. The molecule has 108 valence electrons. The molecule has 6 nitrogen and oxygen atoms in total. The molecule has 1 atom stereocenters. The molecule has 0 spiro atoms. The number of nitro groups is 1. The first-order valence-electron chi connectivity index (χ1n) is 6.32. The van der Waals surface area contributed by atoms with Crippen LogP contribution in [0.4, 0.5) is 5.69 Å². The summed E-state index contributed by atoms with van der Waals surface area (Å²) in [4.78, 5) is 25.1. The van der Waals surface area contributed by atoms with Crippen molar-refractivity contribution in [2.75, 3.05) is 19.4 Å². The van der Waals surface area contributed by atoms with Crippen LogP contribution in [0.3, 0.4) is 0 Å². The lowest BCUT2D eigenvalue weighted by molar-refractivity contribution is -0.387. The van der Waals surface area contributed by atoms with Crippen LogP contribution in [0.5, 0.6) is 0 Å². The predicted octanol–water partition coefficient (Wildman–Crippen LogP) is 1.91. The van der Waals surface area contributed by atoms with E-state index in [-0.39, 0.29) is 24.2 Å². The third-order valence-electron chi connectivity index (χ3n) is 3.47. The minimum Gasteiger partial charge on any atom is -0.394 e. The fourth-order valence-electron chi connectivity index (χ4n) is 2.42. The van der Waals surface area contributed by atoms with Crippen molar-refractivity contribution >= 4 is 23.4 Å². The Morgan fingerprint density at radius 2 is 2.35 bits per heavy atom. The monoisotopic (exact) mass is 296 g/mol. The van der Waals surface area contributed by atoms with Gasteiger partial charge in [-0.15, -0.1) is 11.8 Å². The molecule has 0 radical (unpaired) electrons. The molecule has 1 amide bonds. The second-order valence-electron chi connectivity index (χ2n) is 4.62. The number of benzene rings is 1. The molecule has 0 unspecified atom stereocenters. The molecule has 1 N–H and O–H groups in total. The average Bonchev–Trinajstić information content (AvgIpc) is 2.94. The number of amides is 1. The van der Waals surface area contributed by atoms with Gasteiger partial charge in [0.25, 0.3) is 11.6 Å². The van der Waals surface area contributed by atoms with Gasteiger partial charge in [0.2, 0.25) is 0 Å². The first-order valence-corrected chi connectivity index (χ1v) is 7.55. The number of hydrogen-bond acceptors (Lipinski definition) is 5. The lowest BCUT2D eigenvalue weighted by atomic mass is 10.1. The molecule has 1 aliphatic rings. The Bertz CT molecular complexity index is 535. The molecule has 1 aromatic carbocycles. The summed E-state index contributed by atoms with van der Waals surface area (Å²) in [6.07, 6.45) is 3.38. The lowest BCUT2D eigenvalue weighted by Gasteiger charge is -2.23. The van der Waals surface area contributed by atoms with Crippen LogP contribution < -0.4 is 0 Å². The maximum atomic E-state index is 12.4. The Balaban J connectivity index is 2.31. The lowest BCUT2D eigenvalue weighted by Crippen LogP contribution is -2.37. The molecule has 0 bridgehead atoms. The van der Waals surface area contributed by atoms with Crippen LogP contribution in [-0.2, 0) is 0 Å². The highest BCUT2D eigenvalue weighted by Crippen LogP contribution is 2.29. The van der Waals surface area contributed by atoms with E-state index in [1.165, 1.54) is 17.8 Å². The van der Waals surface area contributed by atoms with E-state index in [0.717, 1.165) is 12.8 Å². The van der Waals surface area contributed by atoms with Crippen molar-refractivity contribution in [1.82, 2.24) is 4.90 Å². The van der Waals surface area contributed by atoms with Gasteiger partial charge >= 0.3 is 0 Å². The fraction of sp³-hybridized carbons (Fsp3) is 0.462. The van der Waals surface area contributed by atoms with E-state index < -0.39 is 4.92 Å². The quantitative estimate of drug-likeness (QED) is 0.521. The highest BCUT2D eigenvalue weighted by atomic mass is 32.2. The minimum atomic E-state index is -0.476. The molecule has 2 rings (SSSR count). The van der Waals surface area contributed by atoms with Crippen molar-refractivity contribution in [3.8, 4) is 0 Å². The van der Waals surface area contributed by atoms with Crippen molar-refractivity contribution in [3.05, 3.63) is 33.9 Å². The topological polar surface area (TPSA) is 83.7 Å². The van der Waals surface area contributed by atoms with E-state index in [1.54, 1.807) is 23.3 Å². The summed E-state index contributed by atoms with van der Waals surface area (Å²) in [5.41, 5.74) is 0.248. The number of rotatable bonds is 4. The van der Waals surface area contributed by atoms with Crippen LogP contribution in [0.1, 0.15) is 23.2 Å². The molecule has 0 saturated carbocycles. The van der Waals surface area contributed by atoms with Crippen LogP contribution in [0.15, 0.2) is 23.1 Å². The summed E-state index contributed by atoms with van der Waals surface area (Å²) in [5, 5.41) is 20.3. The van der Waals surface area contributed by atoms with Gasteiger partial charge in [0.05, 0.1) is 22.5 Å². The van der Waals surface area contributed by atoms with Gasteiger partial charge in [-0.3, -0.25) is 14.9 Å². The van der Waals surface area contributed by atoms with Gasteiger partial charge in [-0.05, 0) is 31.2 Å². The SMILES string of the molecule is CSc1ccc(C(=O)N2CCC[C@@H]2CO)cc1[N+](=O)[O-]. The van der Waals surface area contributed by atoms with E-state index >= 15 is 0 Å². The molecule has 1 saturated heterocycles. The first kappa shape index (κ1) is 14.8. The van der Waals surface area contributed by atoms with Gasteiger partial charge in [-0.1, -0.05) is 0 Å². The summed E-state index contributed by atoms with van der Waals surface area (Å²) >= 11 is 1.27. The molecule has 0 aliphatic carbocycles. The predicted molar refractivity (Wildman–Crippen MR) is 76.0 cm³/mol. The van der Waals surface area contributed by atoms with Gasteiger partial charge in [-0.2, -0.15) is 0 Å². The third kappa shape index (κ3) is 2.78. The number of thioether (sulfide) groups is 1. The molecule has 7 heteroatoms. The van der Waals surface area contributed by atoms with E-state index in [2.05, 4.69) is 0 Å². The number of hydrogen-bond donors (Lipinski definition) is 1. The van der Waals surface area contributed by atoms with Gasteiger partial charge in [0.1, 0.15) is 0 Å². The van der Waals surface area contributed by atoms with Crippen molar-refractivity contribution in [2.24, 2.45) is 0 Å². The highest BCUT2D eigenvalue weighted by molar-refractivity contribution is 7.98. The number of aliphatic hydroxyl groups is 1. The zero-order valence-corrected chi connectivity index (χ0v) is 11.9. The Morgan fingerprint density at radius 1 is 1.60 bits per heavy atom. The second-order valence-corrected chi connectivity index (χ2v) is 5.47. The molecule has 1 fully saturated rings. The first-order chi connectivity index (χ1) is 9.58. The van der Waals surface area contributed by atoms with Crippen LogP contribution in [0, 0.1) is 10.1 Å². The molecule has 0 aromatic heterocycles. The summed E-state index contributed by atoms with van der Waals surface area (Å²) in [6, 6.07) is 4.34. The third-order valence-corrected chi connectivity index (χ3v) is 4.26. The zero-order chi connectivity index (χ0) is 14.7. The highest BCUT2D eigenvalue weighted by Gasteiger charge is 2.29.